The van der Waals surface area contributed by atoms with Crippen molar-refractivity contribution in [1.82, 2.24) is 15.5 Å². The Balaban J connectivity index is 1.78. The molecular weight excluding hydrogens is 290 g/mol. The summed E-state index contributed by atoms with van der Waals surface area (Å²) in [6.07, 6.45) is 1.82. The Bertz CT molecular complexity index is 403. The molecule has 0 saturated carbocycles. The number of aromatic nitrogens is 2. The van der Waals surface area contributed by atoms with Crippen molar-refractivity contribution in [3.05, 3.63) is 11.7 Å². The summed E-state index contributed by atoms with van der Waals surface area (Å²) < 4.78 is 15.8. The number of thioether (sulfide) groups is 1. The fourth-order valence-corrected chi connectivity index (χ4v) is 3.62. The SMILES string of the molecule is CCCNC1CSCC1c1nc(CCOCCOC)no1. The number of nitrogens with zero attached hydrogens (tertiary/aromatic N) is 2. The molecule has 0 aromatic carbocycles. The van der Waals surface area contributed by atoms with Crippen LogP contribution in [0, 0.1) is 0 Å². The van der Waals surface area contributed by atoms with E-state index in [-0.39, 0.29) is 0 Å². The Hall–Kier alpha value is -0.630. The number of nitrogens with one attached hydrogen (secondary N) is 1. The van der Waals surface area contributed by atoms with E-state index in [1.807, 2.05) is 11.8 Å². The maximum atomic E-state index is 5.44. The highest BCUT2D eigenvalue weighted by Gasteiger charge is 2.32. The Morgan fingerprint density at radius 1 is 1.33 bits per heavy atom. The molecule has 1 aliphatic rings. The molecule has 1 saturated heterocycles. The van der Waals surface area contributed by atoms with E-state index in [0.717, 1.165) is 36.2 Å². The molecular formula is C14H25N3O3S. The zero-order valence-electron chi connectivity index (χ0n) is 12.8. The number of ether oxygens (including phenoxy) is 2. The summed E-state index contributed by atoms with van der Waals surface area (Å²) in [7, 11) is 1.66. The van der Waals surface area contributed by atoms with Crippen molar-refractivity contribution in [1.29, 1.82) is 0 Å². The minimum Gasteiger partial charge on any atom is -0.382 e. The highest BCUT2D eigenvalue weighted by atomic mass is 32.2. The fourth-order valence-electron chi connectivity index (χ4n) is 2.26. The van der Waals surface area contributed by atoms with Gasteiger partial charge in [-0.25, -0.2) is 0 Å². The van der Waals surface area contributed by atoms with E-state index in [4.69, 9.17) is 14.0 Å². The van der Waals surface area contributed by atoms with Gasteiger partial charge in [0.05, 0.1) is 25.7 Å². The smallest absolute Gasteiger partial charge is 0.232 e. The van der Waals surface area contributed by atoms with Crippen molar-refractivity contribution in [3.8, 4) is 0 Å². The first-order valence-corrected chi connectivity index (χ1v) is 8.71. The van der Waals surface area contributed by atoms with Crippen LogP contribution in [0.4, 0.5) is 0 Å². The zero-order chi connectivity index (χ0) is 14.9. The second-order valence-corrected chi connectivity index (χ2v) is 6.18. The molecule has 0 aliphatic carbocycles. The lowest BCUT2D eigenvalue weighted by Crippen LogP contribution is -2.34. The Labute approximate surface area is 130 Å². The normalized spacial score (nSPS) is 22.0. The van der Waals surface area contributed by atoms with E-state index in [0.29, 0.717) is 38.2 Å². The summed E-state index contributed by atoms with van der Waals surface area (Å²) in [6, 6.07) is 0.446. The van der Waals surface area contributed by atoms with Crippen molar-refractivity contribution in [2.24, 2.45) is 0 Å². The predicted molar refractivity (Wildman–Crippen MR) is 82.8 cm³/mol. The zero-order valence-corrected chi connectivity index (χ0v) is 13.7. The number of rotatable bonds is 10. The molecule has 2 heterocycles. The van der Waals surface area contributed by atoms with Crippen LogP contribution in [0.5, 0.6) is 0 Å². The topological polar surface area (TPSA) is 69.4 Å². The Kier molecular flexibility index (Phi) is 7.49. The molecule has 1 fully saturated rings. The lowest BCUT2D eigenvalue weighted by Gasteiger charge is -2.16. The first kappa shape index (κ1) is 16.7. The third kappa shape index (κ3) is 5.25. The maximum absolute atomic E-state index is 5.44. The number of methoxy groups -OCH3 is 1. The molecule has 1 aromatic heterocycles. The van der Waals surface area contributed by atoms with Gasteiger partial charge in [-0.3, -0.25) is 0 Å². The molecule has 0 amide bonds. The fraction of sp³-hybridized carbons (Fsp3) is 0.857. The minimum absolute atomic E-state index is 0.331. The van der Waals surface area contributed by atoms with Gasteiger partial charge in [0, 0.05) is 31.1 Å². The van der Waals surface area contributed by atoms with E-state index < -0.39 is 0 Å². The summed E-state index contributed by atoms with van der Waals surface area (Å²) >= 11 is 1.94. The second kappa shape index (κ2) is 9.40. The van der Waals surface area contributed by atoms with Crippen LogP contribution in [0.25, 0.3) is 0 Å². The number of hydrogen-bond acceptors (Lipinski definition) is 7. The van der Waals surface area contributed by atoms with Gasteiger partial charge >= 0.3 is 0 Å². The molecule has 1 aliphatic heterocycles. The molecule has 0 radical (unpaired) electrons. The summed E-state index contributed by atoms with van der Waals surface area (Å²) in [6.45, 7) is 5.03. The molecule has 1 aromatic rings. The van der Waals surface area contributed by atoms with Crippen LogP contribution < -0.4 is 5.32 Å². The van der Waals surface area contributed by atoms with Crippen molar-refractivity contribution < 1.29 is 14.0 Å². The van der Waals surface area contributed by atoms with Gasteiger partial charge in [0.15, 0.2) is 5.82 Å². The molecule has 2 unspecified atom stereocenters. The minimum atomic E-state index is 0.331. The number of hydrogen-bond donors (Lipinski definition) is 1. The highest BCUT2D eigenvalue weighted by molar-refractivity contribution is 7.99. The van der Waals surface area contributed by atoms with Crippen LogP contribution in [0.1, 0.15) is 31.0 Å². The molecule has 1 N–H and O–H groups in total. The van der Waals surface area contributed by atoms with E-state index in [9.17, 15) is 0 Å². The molecule has 6 nitrogen and oxygen atoms in total. The third-order valence-corrected chi connectivity index (χ3v) is 4.63. The molecule has 0 spiro atoms. The first-order valence-electron chi connectivity index (χ1n) is 7.55. The quantitative estimate of drug-likeness (QED) is 0.656. The third-order valence-electron chi connectivity index (χ3n) is 3.44. The van der Waals surface area contributed by atoms with Gasteiger partial charge in [0.2, 0.25) is 5.89 Å². The van der Waals surface area contributed by atoms with Crippen LogP contribution >= 0.6 is 11.8 Å². The molecule has 2 rings (SSSR count). The van der Waals surface area contributed by atoms with Crippen LogP contribution in [0.15, 0.2) is 4.52 Å². The van der Waals surface area contributed by atoms with E-state index >= 15 is 0 Å². The monoisotopic (exact) mass is 315 g/mol. The van der Waals surface area contributed by atoms with Crippen LogP contribution in [-0.4, -0.2) is 61.2 Å². The molecule has 2 atom stereocenters. The highest BCUT2D eigenvalue weighted by Crippen LogP contribution is 2.31. The lowest BCUT2D eigenvalue weighted by molar-refractivity contribution is 0.0714. The van der Waals surface area contributed by atoms with Gasteiger partial charge < -0.3 is 19.3 Å². The van der Waals surface area contributed by atoms with Crippen LogP contribution in [-0.2, 0) is 15.9 Å². The van der Waals surface area contributed by atoms with Gasteiger partial charge in [0.1, 0.15) is 0 Å². The first-order chi connectivity index (χ1) is 10.3. The van der Waals surface area contributed by atoms with E-state index in [1.165, 1.54) is 0 Å². The van der Waals surface area contributed by atoms with E-state index in [2.05, 4.69) is 22.4 Å². The van der Waals surface area contributed by atoms with Crippen molar-refractivity contribution in [2.45, 2.75) is 31.7 Å². The van der Waals surface area contributed by atoms with Crippen molar-refractivity contribution in [3.63, 3.8) is 0 Å². The maximum Gasteiger partial charge on any atom is 0.232 e. The van der Waals surface area contributed by atoms with Crippen molar-refractivity contribution in [2.75, 3.05) is 45.0 Å². The summed E-state index contributed by atoms with van der Waals surface area (Å²) in [5.41, 5.74) is 0. The molecule has 7 heteroatoms. The summed E-state index contributed by atoms with van der Waals surface area (Å²) in [5, 5.41) is 7.63. The Morgan fingerprint density at radius 2 is 2.24 bits per heavy atom. The Morgan fingerprint density at radius 3 is 3.05 bits per heavy atom. The summed E-state index contributed by atoms with van der Waals surface area (Å²) in [4.78, 5) is 4.53. The van der Waals surface area contributed by atoms with Gasteiger partial charge in [-0.1, -0.05) is 12.1 Å². The lowest BCUT2D eigenvalue weighted by atomic mass is 10.0. The largest absolute Gasteiger partial charge is 0.382 e. The molecule has 120 valence electrons. The molecule has 0 bridgehead atoms. The van der Waals surface area contributed by atoms with Crippen LogP contribution in [0.2, 0.25) is 0 Å². The average Bonchev–Trinajstić information content (AvgIpc) is 3.13. The van der Waals surface area contributed by atoms with Gasteiger partial charge in [-0.15, -0.1) is 0 Å². The van der Waals surface area contributed by atoms with Gasteiger partial charge in [-0.05, 0) is 13.0 Å². The summed E-state index contributed by atoms with van der Waals surface area (Å²) in [5.74, 6) is 3.99. The molecule has 21 heavy (non-hydrogen) atoms. The van der Waals surface area contributed by atoms with E-state index in [1.54, 1.807) is 7.11 Å². The predicted octanol–water partition coefficient (Wildman–Crippen LogP) is 1.47. The van der Waals surface area contributed by atoms with Crippen molar-refractivity contribution >= 4 is 11.8 Å². The standard InChI is InChI=1S/C14H25N3O3S/c1-3-5-15-12-10-21-9-11(12)14-16-13(17-20-14)4-6-19-8-7-18-2/h11-12,15H,3-10H2,1-2H3. The van der Waals surface area contributed by atoms with Crippen LogP contribution in [0.3, 0.4) is 0 Å². The average molecular weight is 315 g/mol. The van der Waals surface area contributed by atoms with Gasteiger partial charge in [0.25, 0.3) is 0 Å². The second-order valence-electron chi connectivity index (χ2n) is 5.11. The van der Waals surface area contributed by atoms with Gasteiger partial charge in [-0.2, -0.15) is 16.7 Å².